The van der Waals surface area contributed by atoms with Gasteiger partial charge in [-0.15, -0.1) is 0 Å². The van der Waals surface area contributed by atoms with Crippen molar-refractivity contribution < 1.29 is 5.11 Å². The predicted molar refractivity (Wildman–Crippen MR) is 100 cm³/mol. The Morgan fingerprint density at radius 2 is 1.58 bits per heavy atom. The summed E-state index contributed by atoms with van der Waals surface area (Å²) in [5.41, 5.74) is 1.44. The molecule has 0 aromatic heterocycles. The molecule has 1 aromatic rings. The fourth-order valence-corrected chi connectivity index (χ4v) is 4.43. The minimum Gasteiger partial charge on any atom is -0.396 e. The zero-order valence-electron chi connectivity index (χ0n) is 15.1. The van der Waals surface area contributed by atoms with Gasteiger partial charge in [-0.3, -0.25) is 0 Å². The van der Waals surface area contributed by atoms with E-state index in [4.69, 9.17) is 0 Å². The molecule has 3 nitrogen and oxygen atoms in total. The van der Waals surface area contributed by atoms with Gasteiger partial charge >= 0.3 is 0 Å². The second-order valence-electron chi connectivity index (χ2n) is 7.77. The summed E-state index contributed by atoms with van der Waals surface area (Å²) in [6, 6.07) is 10.8. The average molecular weight is 331 g/mol. The quantitative estimate of drug-likeness (QED) is 0.832. The van der Waals surface area contributed by atoms with Crippen LogP contribution in [-0.4, -0.2) is 60.8 Å². The Bertz CT molecular complexity index is 456. The van der Waals surface area contributed by atoms with Crippen molar-refractivity contribution in [3.05, 3.63) is 35.9 Å². The van der Waals surface area contributed by atoms with Crippen molar-refractivity contribution in [2.24, 2.45) is 11.8 Å². The number of aliphatic hydroxyl groups is 1. The largest absolute Gasteiger partial charge is 0.396 e. The first-order valence-electron chi connectivity index (χ1n) is 9.94. The predicted octanol–water partition coefficient (Wildman–Crippen LogP) is 3.04. The molecule has 0 bridgehead atoms. The molecule has 2 heterocycles. The van der Waals surface area contributed by atoms with Crippen LogP contribution in [0.3, 0.4) is 0 Å². The highest BCUT2D eigenvalue weighted by Crippen LogP contribution is 2.25. The van der Waals surface area contributed by atoms with Crippen LogP contribution in [0.4, 0.5) is 0 Å². The lowest BCUT2D eigenvalue weighted by atomic mass is 9.96. The molecule has 0 unspecified atom stereocenters. The lowest BCUT2D eigenvalue weighted by molar-refractivity contribution is 0.165. The van der Waals surface area contributed by atoms with E-state index in [1.165, 1.54) is 70.4 Å². The lowest BCUT2D eigenvalue weighted by Gasteiger charge is -2.26. The second kappa shape index (κ2) is 9.55. The normalized spacial score (nSPS) is 26.5. The fourth-order valence-electron chi connectivity index (χ4n) is 4.43. The Morgan fingerprint density at radius 1 is 0.875 bits per heavy atom. The lowest BCUT2D eigenvalue weighted by Crippen LogP contribution is -2.34. The SMILES string of the molecule is OC[C@@H]1CN(CCCc2ccccc2)C[C@@H]1CN1CCCCCC1. The topological polar surface area (TPSA) is 26.7 Å². The molecular weight excluding hydrogens is 296 g/mol. The van der Waals surface area contributed by atoms with Crippen LogP contribution in [0.5, 0.6) is 0 Å². The van der Waals surface area contributed by atoms with Gasteiger partial charge in [0.2, 0.25) is 0 Å². The van der Waals surface area contributed by atoms with E-state index in [2.05, 4.69) is 40.1 Å². The molecule has 2 atom stereocenters. The van der Waals surface area contributed by atoms with E-state index in [1.807, 2.05) is 0 Å². The van der Waals surface area contributed by atoms with Crippen LogP contribution in [0.2, 0.25) is 0 Å². The minimum atomic E-state index is 0.355. The summed E-state index contributed by atoms with van der Waals surface area (Å²) in [5.74, 6) is 1.13. The van der Waals surface area contributed by atoms with Gasteiger partial charge < -0.3 is 14.9 Å². The number of aryl methyl sites for hydroxylation is 1. The van der Waals surface area contributed by atoms with Gasteiger partial charge in [0, 0.05) is 26.2 Å². The first-order valence-corrected chi connectivity index (χ1v) is 9.94. The molecule has 2 fully saturated rings. The molecule has 24 heavy (non-hydrogen) atoms. The van der Waals surface area contributed by atoms with E-state index in [-0.39, 0.29) is 0 Å². The van der Waals surface area contributed by atoms with Crippen LogP contribution >= 0.6 is 0 Å². The van der Waals surface area contributed by atoms with Gasteiger partial charge in [0.15, 0.2) is 0 Å². The van der Waals surface area contributed by atoms with Gasteiger partial charge in [0.1, 0.15) is 0 Å². The van der Waals surface area contributed by atoms with Gasteiger partial charge in [0.05, 0.1) is 0 Å². The van der Waals surface area contributed by atoms with Gasteiger partial charge in [-0.05, 0) is 62.7 Å². The van der Waals surface area contributed by atoms with Crippen molar-refractivity contribution in [1.82, 2.24) is 9.80 Å². The maximum absolute atomic E-state index is 9.80. The molecule has 0 radical (unpaired) electrons. The Balaban J connectivity index is 1.43. The molecule has 3 heteroatoms. The Kier molecular flexibility index (Phi) is 7.13. The molecule has 2 aliphatic rings. The van der Waals surface area contributed by atoms with Crippen LogP contribution in [0.25, 0.3) is 0 Å². The molecule has 3 rings (SSSR count). The van der Waals surface area contributed by atoms with E-state index < -0.39 is 0 Å². The van der Waals surface area contributed by atoms with E-state index in [0.717, 1.165) is 13.0 Å². The van der Waals surface area contributed by atoms with Crippen LogP contribution in [-0.2, 0) is 6.42 Å². The number of likely N-dealkylation sites (tertiary alicyclic amines) is 2. The Morgan fingerprint density at radius 3 is 2.29 bits per heavy atom. The van der Waals surface area contributed by atoms with E-state index in [1.54, 1.807) is 0 Å². The first kappa shape index (κ1) is 17.9. The first-order chi connectivity index (χ1) is 11.8. The number of hydrogen-bond acceptors (Lipinski definition) is 3. The summed E-state index contributed by atoms with van der Waals surface area (Å²) < 4.78 is 0. The van der Waals surface area contributed by atoms with Gasteiger partial charge in [0.25, 0.3) is 0 Å². The third-order valence-electron chi connectivity index (χ3n) is 5.86. The molecule has 2 saturated heterocycles. The van der Waals surface area contributed by atoms with E-state index >= 15 is 0 Å². The summed E-state index contributed by atoms with van der Waals surface area (Å²) >= 11 is 0. The number of aliphatic hydroxyl groups excluding tert-OH is 1. The average Bonchev–Trinajstić information content (AvgIpc) is 2.81. The number of rotatable bonds is 7. The second-order valence-corrected chi connectivity index (χ2v) is 7.77. The van der Waals surface area contributed by atoms with Crippen molar-refractivity contribution in [2.45, 2.75) is 38.5 Å². The van der Waals surface area contributed by atoms with Gasteiger partial charge in [-0.2, -0.15) is 0 Å². The van der Waals surface area contributed by atoms with Crippen LogP contribution < -0.4 is 0 Å². The van der Waals surface area contributed by atoms with Gasteiger partial charge in [-0.25, -0.2) is 0 Å². The summed E-state index contributed by atoms with van der Waals surface area (Å²) in [6.45, 7) is 7.52. The zero-order chi connectivity index (χ0) is 16.6. The summed E-state index contributed by atoms with van der Waals surface area (Å²) in [6.07, 6.45) is 7.90. The standard InChI is InChI=1S/C21H34N2O/c24-18-21-17-23(14-8-11-19-9-4-3-5-10-19)16-20(21)15-22-12-6-1-2-7-13-22/h3-5,9-10,20-21,24H,1-2,6-8,11-18H2/t20-,21-/m0/s1. The van der Waals surface area contributed by atoms with Gasteiger partial charge in [-0.1, -0.05) is 43.2 Å². The van der Waals surface area contributed by atoms with Crippen molar-refractivity contribution in [2.75, 3.05) is 45.9 Å². The van der Waals surface area contributed by atoms with Crippen LogP contribution in [0.1, 0.15) is 37.7 Å². The highest BCUT2D eigenvalue weighted by molar-refractivity contribution is 5.14. The highest BCUT2D eigenvalue weighted by atomic mass is 16.3. The smallest absolute Gasteiger partial charge is 0.0475 e. The van der Waals surface area contributed by atoms with Crippen molar-refractivity contribution >= 4 is 0 Å². The molecule has 0 saturated carbocycles. The Labute approximate surface area is 147 Å². The maximum atomic E-state index is 9.80. The zero-order valence-corrected chi connectivity index (χ0v) is 15.1. The third kappa shape index (κ3) is 5.30. The monoisotopic (exact) mass is 330 g/mol. The maximum Gasteiger partial charge on any atom is 0.0475 e. The molecule has 1 aromatic carbocycles. The van der Waals surface area contributed by atoms with Crippen molar-refractivity contribution in [3.63, 3.8) is 0 Å². The molecule has 0 amide bonds. The molecule has 0 aliphatic carbocycles. The van der Waals surface area contributed by atoms with Crippen LogP contribution in [0.15, 0.2) is 30.3 Å². The van der Waals surface area contributed by atoms with E-state index in [9.17, 15) is 5.11 Å². The summed E-state index contributed by atoms with van der Waals surface area (Å²) in [5, 5.41) is 9.80. The molecule has 0 spiro atoms. The summed E-state index contributed by atoms with van der Waals surface area (Å²) in [7, 11) is 0. The minimum absolute atomic E-state index is 0.355. The number of nitrogens with zero attached hydrogens (tertiary/aromatic N) is 2. The number of hydrogen-bond donors (Lipinski definition) is 1. The van der Waals surface area contributed by atoms with Crippen molar-refractivity contribution in [1.29, 1.82) is 0 Å². The molecule has 1 N–H and O–H groups in total. The van der Waals surface area contributed by atoms with E-state index in [0.29, 0.717) is 18.4 Å². The third-order valence-corrected chi connectivity index (χ3v) is 5.86. The van der Waals surface area contributed by atoms with Crippen molar-refractivity contribution in [3.8, 4) is 0 Å². The fraction of sp³-hybridized carbons (Fsp3) is 0.714. The summed E-state index contributed by atoms with van der Waals surface area (Å²) in [4.78, 5) is 5.25. The molecule has 134 valence electrons. The van der Waals surface area contributed by atoms with Crippen LogP contribution in [0, 0.1) is 11.8 Å². The Hall–Kier alpha value is -0.900. The number of benzene rings is 1. The molecular formula is C21H34N2O. The highest BCUT2D eigenvalue weighted by Gasteiger charge is 2.33. The molecule has 2 aliphatic heterocycles.